The van der Waals surface area contributed by atoms with Gasteiger partial charge in [0.2, 0.25) is 0 Å². The van der Waals surface area contributed by atoms with E-state index in [0.717, 1.165) is 24.8 Å². The van der Waals surface area contributed by atoms with Gasteiger partial charge in [0.25, 0.3) is 0 Å². The van der Waals surface area contributed by atoms with Crippen LogP contribution in [-0.4, -0.2) is 12.2 Å². The molecule has 22 heavy (non-hydrogen) atoms. The molecule has 0 unspecified atom stereocenters. The van der Waals surface area contributed by atoms with Crippen molar-refractivity contribution in [1.82, 2.24) is 0 Å². The van der Waals surface area contributed by atoms with E-state index in [1.54, 1.807) is 7.11 Å². The lowest BCUT2D eigenvalue weighted by Crippen LogP contribution is -2.33. The zero-order chi connectivity index (χ0) is 16.1. The molecule has 0 aliphatic heterocycles. The van der Waals surface area contributed by atoms with E-state index in [4.69, 9.17) is 4.74 Å². The molecule has 1 aromatic rings. The number of phenols is 1. The smallest absolute Gasteiger partial charge is 0.122 e. The van der Waals surface area contributed by atoms with Crippen molar-refractivity contribution in [2.75, 3.05) is 7.11 Å². The highest BCUT2D eigenvalue weighted by atomic mass is 16.5. The van der Waals surface area contributed by atoms with Gasteiger partial charge in [-0.2, -0.15) is 0 Å². The normalized spacial score (nSPS) is 29.5. The van der Waals surface area contributed by atoms with E-state index in [9.17, 15) is 5.11 Å². The second-order valence-corrected chi connectivity index (χ2v) is 7.88. The molecule has 2 aliphatic carbocycles. The van der Waals surface area contributed by atoms with Crippen molar-refractivity contribution in [1.29, 1.82) is 0 Å². The molecule has 3 rings (SSSR count). The van der Waals surface area contributed by atoms with Crippen LogP contribution in [0, 0.1) is 5.41 Å². The maximum absolute atomic E-state index is 10.8. The summed E-state index contributed by atoms with van der Waals surface area (Å²) in [5.41, 5.74) is 5.20. The number of methoxy groups -OCH3 is 1. The minimum Gasteiger partial charge on any atom is -0.508 e. The first-order valence-electron chi connectivity index (χ1n) is 8.38. The van der Waals surface area contributed by atoms with Crippen LogP contribution < -0.4 is 0 Å². The van der Waals surface area contributed by atoms with Crippen LogP contribution >= 0.6 is 0 Å². The van der Waals surface area contributed by atoms with Gasteiger partial charge >= 0.3 is 0 Å². The molecule has 2 nitrogen and oxygen atoms in total. The highest BCUT2D eigenvalue weighted by Crippen LogP contribution is 2.53. The third-order valence-electron chi connectivity index (χ3n) is 6.01. The predicted octanol–water partition coefficient (Wildman–Crippen LogP) is 4.83. The van der Waals surface area contributed by atoms with Crippen LogP contribution in [0.5, 0.6) is 5.75 Å². The molecule has 2 atom stereocenters. The van der Waals surface area contributed by atoms with Crippen molar-refractivity contribution in [2.24, 2.45) is 5.41 Å². The Morgan fingerprint density at radius 3 is 2.59 bits per heavy atom. The highest BCUT2D eigenvalue weighted by Gasteiger charge is 2.42. The molecule has 0 bridgehead atoms. The number of phenolic OH excluding ortho intramolecular Hbond substituents is 1. The summed E-state index contributed by atoms with van der Waals surface area (Å²) in [5, 5.41) is 10.8. The van der Waals surface area contributed by atoms with Gasteiger partial charge in [0, 0.05) is 18.1 Å². The van der Waals surface area contributed by atoms with Crippen LogP contribution in [-0.2, 0) is 23.0 Å². The Morgan fingerprint density at radius 2 is 1.95 bits per heavy atom. The molecule has 0 saturated heterocycles. The van der Waals surface area contributed by atoms with Crippen LogP contribution in [0.15, 0.2) is 18.7 Å². The molecule has 1 N–H and O–H groups in total. The summed E-state index contributed by atoms with van der Waals surface area (Å²) in [4.78, 5) is 0. The van der Waals surface area contributed by atoms with Crippen molar-refractivity contribution >= 4 is 0 Å². The van der Waals surface area contributed by atoms with Crippen molar-refractivity contribution in [3.05, 3.63) is 41.0 Å². The first-order chi connectivity index (χ1) is 10.3. The number of fused-ring (bicyclic) bond motifs is 3. The number of rotatable bonds is 2. The third kappa shape index (κ3) is 2.11. The van der Waals surface area contributed by atoms with Gasteiger partial charge in [-0.3, -0.25) is 0 Å². The van der Waals surface area contributed by atoms with E-state index < -0.39 is 0 Å². The van der Waals surface area contributed by atoms with Crippen molar-refractivity contribution in [3.8, 4) is 5.75 Å². The molecule has 0 amide bonds. The lowest BCUT2D eigenvalue weighted by atomic mass is 9.65. The minimum atomic E-state index is -0.113. The van der Waals surface area contributed by atoms with E-state index in [2.05, 4.69) is 27.4 Å². The fourth-order valence-corrected chi connectivity index (χ4v) is 4.54. The number of hydrogen-bond acceptors (Lipinski definition) is 2. The van der Waals surface area contributed by atoms with Gasteiger partial charge in [-0.25, -0.2) is 0 Å². The number of ether oxygens (including phenoxy) is 1. The number of hydrogen-bond donors (Lipinski definition) is 1. The van der Waals surface area contributed by atoms with E-state index >= 15 is 0 Å². The Balaban J connectivity index is 2.23. The first kappa shape index (κ1) is 15.6. The maximum atomic E-state index is 10.8. The van der Waals surface area contributed by atoms with Gasteiger partial charge in [-0.05, 0) is 60.3 Å². The SMILES string of the molecule is C=C[C@@]1(C)CCc2c3c(cc(O)c2[C@H]1OC)C(C)(C)CCC3. The van der Waals surface area contributed by atoms with Crippen LogP contribution in [0.25, 0.3) is 0 Å². The molecule has 0 spiro atoms. The standard InChI is InChI=1S/C20H28O2/c1-6-20(4)11-9-14-13-8-7-10-19(2,3)15(13)12-16(21)17(14)18(20)22-5/h6,12,18,21H,1,7-11H2,2-5H3/t18-,20+/m1/s1. The quantitative estimate of drug-likeness (QED) is 0.793. The first-order valence-corrected chi connectivity index (χ1v) is 8.38. The van der Waals surface area contributed by atoms with Gasteiger partial charge in [-0.15, -0.1) is 6.58 Å². The van der Waals surface area contributed by atoms with E-state index in [1.807, 2.05) is 12.1 Å². The van der Waals surface area contributed by atoms with Crippen LogP contribution in [0.1, 0.15) is 68.4 Å². The summed E-state index contributed by atoms with van der Waals surface area (Å²) >= 11 is 0. The van der Waals surface area contributed by atoms with E-state index in [0.29, 0.717) is 5.75 Å². The van der Waals surface area contributed by atoms with E-state index in [1.165, 1.54) is 29.5 Å². The van der Waals surface area contributed by atoms with Crippen molar-refractivity contribution < 1.29 is 9.84 Å². The topological polar surface area (TPSA) is 29.5 Å². The second-order valence-electron chi connectivity index (χ2n) is 7.88. The molecule has 0 radical (unpaired) electrons. The molecule has 0 heterocycles. The Morgan fingerprint density at radius 1 is 1.23 bits per heavy atom. The predicted molar refractivity (Wildman–Crippen MR) is 90.4 cm³/mol. The summed E-state index contributed by atoms with van der Waals surface area (Å²) in [5.74, 6) is 0.406. The van der Waals surface area contributed by atoms with Crippen molar-refractivity contribution in [3.63, 3.8) is 0 Å². The molecule has 0 saturated carbocycles. The second kappa shape index (κ2) is 5.13. The Hall–Kier alpha value is -1.28. The van der Waals surface area contributed by atoms with Crippen molar-refractivity contribution in [2.45, 2.75) is 64.4 Å². The zero-order valence-electron chi connectivity index (χ0n) is 14.3. The molecule has 1 aromatic carbocycles. The van der Waals surface area contributed by atoms with Gasteiger partial charge < -0.3 is 9.84 Å². The summed E-state index contributed by atoms with van der Waals surface area (Å²) < 4.78 is 5.82. The lowest BCUT2D eigenvalue weighted by molar-refractivity contribution is 0.00751. The summed E-state index contributed by atoms with van der Waals surface area (Å²) in [6, 6.07) is 2.01. The zero-order valence-corrected chi connectivity index (χ0v) is 14.3. The molecule has 120 valence electrons. The van der Waals surface area contributed by atoms with Gasteiger partial charge in [0.1, 0.15) is 5.75 Å². The third-order valence-corrected chi connectivity index (χ3v) is 6.01. The van der Waals surface area contributed by atoms with Crippen LogP contribution in [0.4, 0.5) is 0 Å². The van der Waals surface area contributed by atoms with Crippen LogP contribution in [0.3, 0.4) is 0 Å². The number of aromatic hydroxyl groups is 1. The molecule has 0 fully saturated rings. The fourth-order valence-electron chi connectivity index (χ4n) is 4.54. The molecular weight excluding hydrogens is 272 g/mol. The largest absolute Gasteiger partial charge is 0.508 e. The minimum absolute atomic E-state index is 0.107. The number of benzene rings is 1. The summed E-state index contributed by atoms with van der Waals surface area (Å²) in [6.45, 7) is 10.8. The average Bonchev–Trinajstić information content (AvgIpc) is 2.48. The molecule has 2 heteroatoms. The monoisotopic (exact) mass is 300 g/mol. The van der Waals surface area contributed by atoms with Gasteiger partial charge in [0.05, 0.1) is 6.10 Å². The Labute approximate surface area is 134 Å². The summed E-state index contributed by atoms with van der Waals surface area (Å²) in [6.07, 6.45) is 7.46. The Bertz CT molecular complexity index is 615. The fraction of sp³-hybridized carbons (Fsp3) is 0.600. The highest BCUT2D eigenvalue weighted by molar-refractivity contribution is 5.55. The molecular formula is C20H28O2. The van der Waals surface area contributed by atoms with Crippen LogP contribution in [0.2, 0.25) is 0 Å². The maximum Gasteiger partial charge on any atom is 0.122 e. The Kier molecular flexibility index (Phi) is 3.64. The van der Waals surface area contributed by atoms with Gasteiger partial charge in [-0.1, -0.05) is 26.8 Å². The lowest BCUT2D eigenvalue weighted by Gasteiger charge is -2.43. The molecule has 0 aromatic heterocycles. The molecule has 2 aliphatic rings. The summed E-state index contributed by atoms with van der Waals surface area (Å²) in [7, 11) is 1.74. The average molecular weight is 300 g/mol. The van der Waals surface area contributed by atoms with Gasteiger partial charge in [0.15, 0.2) is 0 Å². The van der Waals surface area contributed by atoms with E-state index in [-0.39, 0.29) is 16.9 Å².